The number of amidine groups is 1. The van der Waals surface area contributed by atoms with Gasteiger partial charge in [0.05, 0.1) is 11.7 Å². The molecule has 0 unspecified atom stereocenters. The Balaban J connectivity index is 2.43. The molecule has 0 bridgehead atoms. The highest BCUT2D eigenvalue weighted by atomic mass is 16.4. The fraction of sp³-hybridized carbons (Fsp3) is 0.111. The topological polar surface area (TPSA) is 75.9 Å². The highest BCUT2D eigenvalue weighted by Gasteiger charge is 2.04. The van der Waals surface area contributed by atoms with E-state index in [0.29, 0.717) is 6.42 Å². The van der Waals surface area contributed by atoms with Gasteiger partial charge in [0.15, 0.2) is 0 Å². The van der Waals surface area contributed by atoms with Crippen LogP contribution in [0.4, 0.5) is 0 Å². The van der Waals surface area contributed by atoms with Crippen molar-refractivity contribution in [1.29, 1.82) is 0 Å². The lowest BCUT2D eigenvalue weighted by Crippen LogP contribution is -2.14. The summed E-state index contributed by atoms with van der Waals surface area (Å²) in [4.78, 5) is 0. The van der Waals surface area contributed by atoms with Crippen molar-refractivity contribution >= 4 is 11.4 Å². The minimum atomic E-state index is 0.184. The molecule has 72 valence electrons. The molecular weight excluding hydrogens is 180 g/mol. The van der Waals surface area contributed by atoms with E-state index in [1.165, 1.54) is 0 Å². The molecule has 0 aliphatic rings. The normalized spacial score (nSPS) is 12.1. The number of rotatable bonds is 2. The molecular formula is C9H10N4O. The Morgan fingerprint density at radius 1 is 1.57 bits per heavy atom. The Morgan fingerprint density at radius 2 is 2.43 bits per heavy atom. The monoisotopic (exact) mass is 190 g/mol. The van der Waals surface area contributed by atoms with Crippen LogP contribution in [0.3, 0.4) is 0 Å². The number of fused-ring (bicyclic) bond motifs is 1. The number of nitrogens with zero attached hydrogens (tertiary/aromatic N) is 3. The van der Waals surface area contributed by atoms with E-state index < -0.39 is 0 Å². The zero-order valence-electron chi connectivity index (χ0n) is 7.46. The van der Waals surface area contributed by atoms with E-state index in [4.69, 9.17) is 10.9 Å². The lowest BCUT2D eigenvalue weighted by atomic mass is 10.2. The Morgan fingerprint density at radius 3 is 3.21 bits per heavy atom. The van der Waals surface area contributed by atoms with Gasteiger partial charge in [-0.1, -0.05) is 11.2 Å². The fourth-order valence-electron chi connectivity index (χ4n) is 1.35. The SMILES string of the molecule is N/C(Cc1cnn2ccccc12)=N\O. The molecule has 14 heavy (non-hydrogen) atoms. The summed E-state index contributed by atoms with van der Waals surface area (Å²) in [5.74, 6) is 0.184. The second kappa shape index (κ2) is 3.37. The number of hydrogen-bond acceptors (Lipinski definition) is 3. The Labute approximate surface area is 80.5 Å². The number of oxime groups is 1. The molecule has 0 saturated heterocycles. The van der Waals surface area contributed by atoms with E-state index in [-0.39, 0.29) is 5.84 Å². The Hall–Kier alpha value is -2.04. The zero-order chi connectivity index (χ0) is 9.97. The van der Waals surface area contributed by atoms with Crippen molar-refractivity contribution in [2.24, 2.45) is 10.9 Å². The summed E-state index contributed by atoms with van der Waals surface area (Å²) in [7, 11) is 0. The van der Waals surface area contributed by atoms with Crippen LogP contribution in [-0.2, 0) is 6.42 Å². The van der Waals surface area contributed by atoms with Crippen LogP contribution in [-0.4, -0.2) is 20.7 Å². The van der Waals surface area contributed by atoms with Gasteiger partial charge in [-0.2, -0.15) is 5.10 Å². The molecule has 5 heteroatoms. The summed E-state index contributed by atoms with van der Waals surface area (Å²) in [5.41, 5.74) is 7.33. The van der Waals surface area contributed by atoms with E-state index in [1.807, 2.05) is 24.4 Å². The first-order valence-electron chi connectivity index (χ1n) is 4.19. The summed E-state index contributed by atoms with van der Waals surface area (Å²) in [6.07, 6.45) is 3.97. The summed E-state index contributed by atoms with van der Waals surface area (Å²) < 4.78 is 1.75. The molecule has 0 spiro atoms. The molecule has 0 atom stereocenters. The second-order valence-electron chi connectivity index (χ2n) is 2.97. The highest BCUT2D eigenvalue weighted by molar-refractivity contribution is 5.83. The van der Waals surface area contributed by atoms with Gasteiger partial charge in [0, 0.05) is 18.2 Å². The van der Waals surface area contributed by atoms with Crippen LogP contribution < -0.4 is 5.73 Å². The number of aromatic nitrogens is 2. The van der Waals surface area contributed by atoms with Gasteiger partial charge in [-0.15, -0.1) is 0 Å². The van der Waals surface area contributed by atoms with E-state index in [2.05, 4.69) is 10.3 Å². The van der Waals surface area contributed by atoms with Gasteiger partial charge >= 0.3 is 0 Å². The second-order valence-corrected chi connectivity index (χ2v) is 2.97. The number of hydrogen-bond donors (Lipinski definition) is 2. The predicted octanol–water partition coefficient (Wildman–Crippen LogP) is 0.623. The minimum absolute atomic E-state index is 0.184. The van der Waals surface area contributed by atoms with Crippen molar-refractivity contribution in [3.8, 4) is 0 Å². The molecule has 0 aliphatic carbocycles. The van der Waals surface area contributed by atoms with Gasteiger partial charge < -0.3 is 10.9 Å². The Bertz CT molecular complexity index is 474. The third-order valence-electron chi connectivity index (χ3n) is 2.01. The van der Waals surface area contributed by atoms with E-state index in [0.717, 1.165) is 11.1 Å². The largest absolute Gasteiger partial charge is 0.409 e. The lowest BCUT2D eigenvalue weighted by Gasteiger charge is -1.96. The molecule has 2 heterocycles. The third-order valence-corrected chi connectivity index (χ3v) is 2.01. The van der Waals surface area contributed by atoms with Crippen molar-refractivity contribution in [3.05, 3.63) is 36.2 Å². The molecule has 0 aromatic carbocycles. The maximum absolute atomic E-state index is 8.44. The van der Waals surface area contributed by atoms with Crippen LogP contribution in [0.5, 0.6) is 0 Å². The molecule has 0 saturated carbocycles. The third kappa shape index (κ3) is 1.39. The first kappa shape index (κ1) is 8.55. The summed E-state index contributed by atoms with van der Waals surface area (Å²) in [6.45, 7) is 0. The molecule has 0 fully saturated rings. The highest BCUT2D eigenvalue weighted by Crippen LogP contribution is 2.10. The summed E-state index contributed by atoms with van der Waals surface area (Å²) in [5, 5.41) is 15.5. The molecule has 3 N–H and O–H groups in total. The average molecular weight is 190 g/mol. The molecule has 0 aliphatic heterocycles. The van der Waals surface area contributed by atoms with Gasteiger partial charge in [0.25, 0.3) is 0 Å². The van der Waals surface area contributed by atoms with Crippen molar-refractivity contribution in [1.82, 2.24) is 9.61 Å². The van der Waals surface area contributed by atoms with Crippen molar-refractivity contribution in [3.63, 3.8) is 0 Å². The summed E-state index contributed by atoms with van der Waals surface area (Å²) >= 11 is 0. The molecule has 2 aromatic rings. The fourth-order valence-corrected chi connectivity index (χ4v) is 1.35. The van der Waals surface area contributed by atoms with E-state index >= 15 is 0 Å². The molecule has 0 radical (unpaired) electrons. The van der Waals surface area contributed by atoms with Gasteiger partial charge in [0.1, 0.15) is 5.84 Å². The number of nitrogens with two attached hydrogens (primary N) is 1. The maximum atomic E-state index is 8.44. The molecule has 2 rings (SSSR count). The first-order chi connectivity index (χ1) is 6.81. The quantitative estimate of drug-likeness (QED) is 0.315. The van der Waals surface area contributed by atoms with Crippen LogP contribution in [0.2, 0.25) is 0 Å². The van der Waals surface area contributed by atoms with Crippen LogP contribution in [0.1, 0.15) is 5.56 Å². The predicted molar refractivity (Wildman–Crippen MR) is 52.3 cm³/mol. The smallest absolute Gasteiger partial charge is 0.143 e. The van der Waals surface area contributed by atoms with E-state index in [9.17, 15) is 0 Å². The van der Waals surface area contributed by atoms with E-state index in [1.54, 1.807) is 10.7 Å². The van der Waals surface area contributed by atoms with Gasteiger partial charge in [-0.05, 0) is 12.1 Å². The van der Waals surface area contributed by atoms with Crippen LogP contribution >= 0.6 is 0 Å². The molecule has 2 aromatic heterocycles. The van der Waals surface area contributed by atoms with Crippen molar-refractivity contribution in [2.75, 3.05) is 0 Å². The van der Waals surface area contributed by atoms with Crippen molar-refractivity contribution < 1.29 is 5.21 Å². The maximum Gasteiger partial charge on any atom is 0.143 e. The van der Waals surface area contributed by atoms with Gasteiger partial charge in [0.2, 0.25) is 0 Å². The lowest BCUT2D eigenvalue weighted by molar-refractivity contribution is 0.317. The Kier molecular flexibility index (Phi) is 2.06. The van der Waals surface area contributed by atoms with Crippen LogP contribution in [0, 0.1) is 0 Å². The minimum Gasteiger partial charge on any atom is -0.409 e. The van der Waals surface area contributed by atoms with Gasteiger partial charge in [-0.3, -0.25) is 0 Å². The van der Waals surface area contributed by atoms with Crippen LogP contribution in [0.15, 0.2) is 35.7 Å². The average Bonchev–Trinajstić information content (AvgIpc) is 2.62. The standard InChI is InChI=1S/C9H10N4O/c10-9(12-14)5-7-6-11-13-4-2-1-3-8(7)13/h1-4,6,14H,5H2,(H2,10,12). The first-order valence-corrected chi connectivity index (χ1v) is 4.19. The zero-order valence-corrected chi connectivity index (χ0v) is 7.46. The van der Waals surface area contributed by atoms with Crippen molar-refractivity contribution in [2.45, 2.75) is 6.42 Å². The molecule has 5 nitrogen and oxygen atoms in total. The van der Waals surface area contributed by atoms with Crippen LogP contribution in [0.25, 0.3) is 5.52 Å². The number of pyridine rings is 1. The van der Waals surface area contributed by atoms with Gasteiger partial charge in [-0.25, -0.2) is 4.52 Å². The summed E-state index contributed by atoms with van der Waals surface area (Å²) in [6, 6.07) is 5.76. The molecule has 0 amide bonds.